The molecule has 0 aliphatic heterocycles. The molecular formula is C17H17N3. The van der Waals surface area contributed by atoms with E-state index in [1.165, 1.54) is 11.1 Å². The maximum atomic E-state index is 4.70. The number of hydrogen-bond acceptors (Lipinski definition) is 3. The highest BCUT2D eigenvalue weighted by molar-refractivity contribution is 5.91. The van der Waals surface area contributed by atoms with Gasteiger partial charge in [-0.25, -0.2) is 9.97 Å². The van der Waals surface area contributed by atoms with Crippen molar-refractivity contribution >= 4 is 16.7 Å². The summed E-state index contributed by atoms with van der Waals surface area (Å²) in [6, 6.07) is 14.4. The minimum absolute atomic E-state index is 0.767. The third-order valence-corrected chi connectivity index (χ3v) is 3.47. The Hall–Kier alpha value is -2.42. The van der Waals surface area contributed by atoms with Gasteiger partial charge in [0.1, 0.15) is 5.82 Å². The molecule has 100 valence electrons. The minimum Gasteiger partial charge on any atom is -0.373 e. The van der Waals surface area contributed by atoms with Crippen molar-refractivity contribution < 1.29 is 0 Å². The minimum atomic E-state index is 0.767. The molecule has 3 rings (SSSR count). The second-order valence-corrected chi connectivity index (χ2v) is 4.98. The first-order valence-electron chi connectivity index (χ1n) is 6.71. The van der Waals surface area contributed by atoms with Crippen LogP contribution in [0.25, 0.3) is 22.3 Å². The molecule has 2 aromatic carbocycles. The number of benzene rings is 2. The van der Waals surface area contributed by atoms with Gasteiger partial charge in [-0.05, 0) is 31.5 Å². The Morgan fingerprint density at radius 1 is 0.950 bits per heavy atom. The van der Waals surface area contributed by atoms with Gasteiger partial charge in [-0.3, -0.25) is 0 Å². The molecule has 1 heterocycles. The van der Waals surface area contributed by atoms with Crippen LogP contribution in [0.2, 0.25) is 0 Å². The Kier molecular flexibility index (Phi) is 3.11. The van der Waals surface area contributed by atoms with E-state index in [4.69, 9.17) is 4.98 Å². The van der Waals surface area contributed by atoms with E-state index in [1.54, 1.807) is 0 Å². The summed E-state index contributed by atoms with van der Waals surface area (Å²) in [6.07, 6.45) is 0. The van der Waals surface area contributed by atoms with Gasteiger partial charge < -0.3 is 5.32 Å². The summed E-state index contributed by atoms with van der Waals surface area (Å²) in [5.74, 6) is 1.64. The fourth-order valence-electron chi connectivity index (χ4n) is 2.38. The molecule has 0 fully saturated rings. The van der Waals surface area contributed by atoms with E-state index < -0.39 is 0 Å². The fraction of sp³-hybridized carbons (Fsp3) is 0.176. The predicted octanol–water partition coefficient (Wildman–Crippen LogP) is 3.96. The number of nitrogens with one attached hydrogen (secondary N) is 1. The number of hydrogen-bond donors (Lipinski definition) is 1. The highest BCUT2D eigenvalue weighted by Crippen LogP contribution is 2.26. The summed E-state index contributed by atoms with van der Waals surface area (Å²) >= 11 is 0. The van der Waals surface area contributed by atoms with Gasteiger partial charge in [-0.1, -0.05) is 35.9 Å². The molecule has 1 N–H and O–H groups in total. The zero-order valence-corrected chi connectivity index (χ0v) is 11.9. The van der Waals surface area contributed by atoms with Crippen LogP contribution in [0.4, 0.5) is 5.82 Å². The lowest BCUT2D eigenvalue weighted by Gasteiger charge is -2.10. The molecule has 1 aromatic heterocycles. The van der Waals surface area contributed by atoms with E-state index >= 15 is 0 Å². The first-order valence-corrected chi connectivity index (χ1v) is 6.71. The first kappa shape index (κ1) is 12.6. The van der Waals surface area contributed by atoms with Crippen LogP contribution in [0.15, 0.2) is 42.5 Å². The Morgan fingerprint density at radius 3 is 2.50 bits per heavy atom. The average Bonchev–Trinajstić information content (AvgIpc) is 2.46. The molecule has 0 bridgehead atoms. The van der Waals surface area contributed by atoms with Crippen molar-refractivity contribution in [1.29, 1.82) is 0 Å². The zero-order valence-electron chi connectivity index (χ0n) is 11.9. The fourth-order valence-corrected chi connectivity index (χ4v) is 2.38. The van der Waals surface area contributed by atoms with Gasteiger partial charge in [0.25, 0.3) is 0 Å². The molecule has 3 nitrogen and oxygen atoms in total. The quantitative estimate of drug-likeness (QED) is 0.760. The number of fused-ring (bicyclic) bond motifs is 1. The molecule has 0 unspecified atom stereocenters. The highest BCUT2D eigenvalue weighted by atomic mass is 15.0. The number of nitrogens with zero attached hydrogens (tertiary/aromatic N) is 2. The third kappa shape index (κ3) is 2.11. The molecule has 0 saturated heterocycles. The molecule has 0 spiro atoms. The largest absolute Gasteiger partial charge is 0.373 e. The van der Waals surface area contributed by atoms with Crippen molar-refractivity contribution in [3.63, 3.8) is 0 Å². The summed E-state index contributed by atoms with van der Waals surface area (Å²) in [5, 5.41) is 4.24. The zero-order chi connectivity index (χ0) is 14.1. The van der Waals surface area contributed by atoms with Gasteiger partial charge in [0.15, 0.2) is 5.82 Å². The number of aromatic nitrogens is 2. The summed E-state index contributed by atoms with van der Waals surface area (Å²) in [7, 11) is 1.89. The van der Waals surface area contributed by atoms with E-state index in [0.29, 0.717) is 0 Å². The normalized spacial score (nSPS) is 10.8. The van der Waals surface area contributed by atoms with Crippen molar-refractivity contribution in [3.05, 3.63) is 53.6 Å². The van der Waals surface area contributed by atoms with Crippen LogP contribution < -0.4 is 5.32 Å². The van der Waals surface area contributed by atoms with E-state index in [-0.39, 0.29) is 0 Å². The number of anilines is 1. The van der Waals surface area contributed by atoms with Gasteiger partial charge in [-0.2, -0.15) is 0 Å². The molecule has 20 heavy (non-hydrogen) atoms. The van der Waals surface area contributed by atoms with Crippen LogP contribution in [-0.4, -0.2) is 17.0 Å². The van der Waals surface area contributed by atoms with Crippen molar-refractivity contribution in [1.82, 2.24) is 9.97 Å². The average molecular weight is 263 g/mol. The predicted molar refractivity (Wildman–Crippen MR) is 84.0 cm³/mol. The van der Waals surface area contributed by atoms with Crippen LogP contribution in [0.1, 0.15) is 11.1 Å². The maximum Gasteiger partial charge on any atom is 0.162 e. The molecule has 0 aliphatic carbocycles. The van der Waals surface area contributed by atoms with Gasteiger partial charge in [0, 0.05) is 18.0 Å². The van der Waals surface area contributed by atoms with E-state index in [1.807, 2.05) is 19.2 Å². The highest BCUT2D eigenvalue weighted by Gasteiger charge is 2.10. The first-order chi connectivity index (χ1) is 9.69. The van der Waals surface area contributed by atoms with E-state index in [0.717, 1.165) is 28.1 Å². The molecule has 3 heteroatoms. The Bertz CT molecular complexity index is 778. The van der Waals surface area contributed by atoms with Crippen LogP contribution in [0.3, 0.4) is 0 Å². The van der Waals surface area contributed by atoms with Gasteiger partial charge in [0.05, 0.1) is 5.52 Å². The monoisotopic (exact) mass is 263 g/mol. The van der Waals surface area contributed by atoms with Gasteiger partial charge in [-0.15, -0.1) is 0 Å². The molecule has 0 atom stereocenters. The second-order valence-electron chi connectivity index (χ2n) is 4.98. The third-order valence-electron chi connectivity index (χ3n) is 3.47. The maximum absolute atomic E-state index is 4.70. The lowest BCUT2D eigenvalue weighted by Crippen LogP contribution is -1.99. The topological polar surface area (TPSA) is 37.8 Å². The Balaban J connectivity index is 2.29. The van der Waals surface area contributed by atoms with Crippen molar-refractivity contribution in [2.75, 3.05) is 12.4 Å². The van der Waals surface area contributed by atoms with Crippen LogP contribution in [0.5, 0.6) is 0 Å². The van der Waals surface area contributed by atoms with Crippen LogP contribution in [-0.2, 0) is 0 Å². The van der Waals surface area contributed by atoms with Gasteiger partial charge in [0.2, 0.25) is 0 Å². The van der Waals surface area contributed by atoms with Crippen LogP contribution in [0, 0.1) is 13.8 Å². The smallest absolute Gasteiger partial charge is 0.162 e. The van der Waals surface area contributed by atoms with Gasteiger partial charge >= 0.3 is 0 Å². The van der Waals surface area contributed by atoms with Crippen molar-refractivity contribution in [2.24, 2.45) is 0 Å². The lowest BCUT2D eigenvalue weighted by atomic mass is 10.1. The molecule has 0 amide bonds. The van der Waals surface area contributed by atoms with Crippen molar-refractivity contribution in [3.8, 4) is 11.4 Å². The molecule has 0 radical (unpaired) electrons. The lowest BCUT2D eigenvalue weighted by molar-refractivity contribution is 1.20. The SMILES string of the molecule is CNc1nc(-c2ccccc2C)nc2ccc(C)cc12. The molecular weight excluding hydrogens is 246 g/mol. The molecule has 0 aliphatic rings. The molecule has 0 saturated carbocycles. The number of rotatable bonds is 2. The van der Waals surface area contributed by atoms with E-state index in [2.05, 4.69) is 54.5 Å². The standard InChI is InChI=1S/C17H17N3/c1-11-8-9-15-14(10-11)16(18-3)20-17(19-15)13-7-5-4-6-12(13)2/h4-10H,1-3H3,(H,18,19,20). The summed E-state index contributed by atoms with van der Waals surface area (Å²) in [5.41, 5.74) is 4.43. The summed E-state index contributed by atoms with van der Waals surface area (Å²) in [4.78, 5) is 9.37. The van der Waals surface area contributed by atoms with Crippen LogP contribution >= 0.6 is 0 Å². The van der Waals surface area contributed by atoms with Crippen molar-refractivity contribution in [2.45, 2.75) is 13.8 Å². The Morgan fingerprint density at radius 2 is 1.75 bits per heavy atom. The van der Waals surface area contributed by atoms with E-state index in [9.17, 15) is 0 Å². The summed E-state index contributed by atoms with van der Waals surface area (Å²) in [6.45, 7) is 4.16. The summed E-state index contributed by atoms with van der Waals surface area (Å²) < 4.78 is 0. The molecule has 3 aromatic rings. The Labute approximate surface area is 118 Å². The number of aryl methyl sites for hydroxylation is 2. The second kappa shape index (κ2) is 4.93.